The predicted octanol–water partition coefficient (Wildman–Crippen LogP) is 1.76. The van der Waals surface area contributed by atoms with Crippen molar-refractivity contribution >= 4 is 11.9 Å². The van der Waals surface area contributed by atoms with E-state index in [0.29, 0.717) is 13.0 Å². The fourth-order valence-electron chi connectivity index (χ4n) is 2.10. The molecule has 0 aliphatic carbocycles. The lowest BCUT2D eigenvalue weighted by atomic mass is 9.98. The van der Waals surface area contributed by atoms with Crippen LogP contribution in [-0.2, 0) is 11.2 Å². The summed E-state index contributed by atoms with van der Waals surface area (Å²) in [5.74, 6) is -0.917. The average Bonchev–Trinajstić information content (AvgIpc) is 2.50. The van der Waals surface area contributed by atoms with Gasteiger partial charge in [-0.15, -0.1) is 0 Å². The highest BCUT2D eigenvalue weighted by Crippen LogP contribution is 2.12. The minimum Gasteiger partial charge on any atom is -0.478 e. The lowest BCUT2D eigenvalue weighted by Crippen LogP contribution is -2.46. The summed E-state index contributed by atoms with van der Waals surface area (Å²) in [6.07, 6.45) is 1.35. The Kier molecular flexibility index (Phi) is 6.37. The lowest BCUT2D eigenvalue weighted by molar-refractivity contribution is -0.132. The number of aromatic carboxylic acids is 1. The van der Waals surface area contributed by atoms with E-state index in [1.165, 1.54) is 0 Å². The maximum Gasteiger partial charge on any atom is 0.335 e. The Morgan fingerprint density at radius 3 is 2.52 bits per heavy atom. The van der Waals surface area contributed by atoms with Crippen molar-refractivity contribution in [3.05, 3.63) is 35.4 Å². The summed E-state index contributed by atoms with van der Waals surface area (Å²) >= 11 is 0. The minimum absolute atomic E-state index is 0.0999. The molecule has 1 aromatic rings. The van der Waals surface area contributed by atoms with Gasteiger partial charge in [-0.2, -0.15) is 0 Å². The third-order valence-corrected chi connectivity index (χ3v) is 3.88. The first-order valence-electron chi connectivity index (χ1n) is 7.20. The number of nitrogens with zero attached hydrogens (tertiary/aromatic N) is 1. The second-order valence-corrected chi connectivity index (χ2v) is 5.38. The van der Waals surface area contributed by atoms with Gasteiger partial charge in [0.1, 0.15) is 0 Å². The van der Waals surface area contributed by atoms with Crippen LogP contribution < -0.4 is 5.73 Å². The van der Waals surface area contributed by atoms with E-state index in [1.54, 1.807) is 36.2 Å². The summed E-state index contributed by atoms with van der Waals surface area (Å²) < 4.78 is 0. The van der Waals surface area contributed by atoms with Crippen LogP contribution in [0.5, 0.6) is 0 Å². The van der Waals surface area contributed by atoms with Gasteiger partial charge in [-0.05, 0) is 24.0 Å². The fraction of sp³-hybridized carbons (Fsp3) is 0.500. The standard InChI is InChI=1S/C16H24N2O3/c1-4-11(2)14(17)15(19)18(3)10-9-12-7-5-6-8-13(12)16(20)21/h5-8,11,14H,4,9-10,17H2,1-3H3,(H,20,21)/t11-,14-/m0/s1. The van der Waals surface area contributed by atoms with Crippen molar-refractivity contribution in [3.63, 3.8) is 0 Å². The van der Waals surface area contributed by atoms with Crippen LogP contribution in [0.2, 0.25) is 0 Å². The summed E-state index contributed by atoms with van der Waals surface area (Å²) in [5.41, 5.74) is 6.94. The normalized spacial score (nSPS) is 13.5. The molecule has 0 aromatic heterocycles. The number of hydrogen-bond donors (Lipinski definition) is 2. The van der Waals surface area contributed by atoms with Gasteiger partial charge in [0.05, 0.1) is 11.6 Å². The molecule has 1 amide bonds. The van der Waals surface area contributed by atoms with Crippen LogP contribution >= 0.6 is 0 Å². The maximum atomic E-state index is 12.2. The summed E-state index contributed by atoms with van der Waals surface area (Å²) in [7, 11) is 1.70. The molecular formula is C16H24N2O3. The highest BCUT2D eigenvalue weighted by atomic mass is 16.4. The highest BCUT2D eigenvalue weighted by Gasteiger charge is 2.22. The van der Waals surface area contributed by atoms with E-state index in [-0.39, 0.29) is 17.4 Å². The Morgan fingerprint density at radius 2 is 1.95 bits per heavy atom. The number of carbonyl (C=O) groups excluding carboxylic acids is 1. The monoisotopic (exact) mass is 292 g/mol. The molecule has 0 spiro atoms. The topological polar surface area (TPSA) is 83.6 Å². The molecule has 0 aliphatic heterocycles. The van der Waals surface area contributed by atoms with Crippen molar-refractivity contribution in [1.29, 1.82) is 0 Å². The van der Waals surface area contributed by atoms with Crippen molar-refractivity contribution in [3.8, 4) is 0 Å². The van der Waals surface area contributed by atoms with Crippen LogP contribution in [-0.4, -0.2) is 41.5 Å². The van der Waals surface area contributed by atoms with Crippen LogP contribution in [0.25, 0.3) is 0 Å². The van der Waals surface area contributed by atoms with Crippen molar-refractivity contribution < 1.29 is 14.7 Å². The number of rotatable bonds is 7. The maximum absolute atomic E-state index is 12.2. The number of amides is 1. The number of carboxylic acid groups (broad SMARTS) is 1. The fourth-order valence-corrected chi connectivity index (χ4v) is 2.10. The van der Waals surface area contributed by atoms with Gasteiger partial charge < -0.3 is 15.7 Å². The molecule has 3 N–H and O–H groups in total. The van der Waals surface area contributed by atoms with Gasteiger partial charge in [0.15, 0.2) is 0 Å². The molecule has 21 heavy (non-hydrogen) atoms. The summed E-state index contributed by atoms with van der Waals surface area (Å²) in [5, 5.41) is 9.13. The van der Waals surface area contributed by atoms with Crippen LogP contribution in [0.3, 0.4) is 0 Å². The molecule has 116 valence electrons. The van der Waals surface area contributed by atoms with E-state index in [9.17, 15) is 9.59 Å². The van der Waals surface area contributed by atoms with Gasteiger partial charge in [0.2, 0.25) is 5.91 Å². The Labute approximate surface area is 125 Å². The molecule has 0 saturated heterocycles. The number of carbonyl (C=O) groups is 2. The van der Waals surface area contributed by atoms with E-state index < -0.39 is 12.0 Å². The Morgan fingerprint density at radius 1 is 1.33 bits per heavy atom. The summed E-state index contributed by atoms with van der Waals surface area (Å²) in [4.78, 5) is 24.9. The number of likely N-dealkylation sites (N-methyl/N-ethyl adjacent to an activating group) is 1. The predicted molar refractivity (Wildman–Crippen MR) is 82.2 cm³/mol. The van der Waals surface area contributed by atoms with Gasteiger partial charge in [-0.25, -0.2) is 4.79 Å². The zero-order valence-electron chi connectivity index (χ0n) is 12.9. The molecular weight excluding hydrogens is 268 g/mol. The molecule has 0 radical (unpaired) electrons. The van der Waals surface area contributed by atoms with Crippen LogP contribution in [0.4, 0.5) is 0 Å². The Hall–Kier alpha value is -1.88. The first kappa shape index (κ1) is 17.2. The third kappa shape index (κ3) is 4.56. The van der Waals surface area contributed by atoms with Gasteiger partial charge >= 0.3 is 5.97 Å². The van der Waals surface area contributed by atoms with Crippen LogP contribution in [0.1, 0.15) is 36.2 Å². The van der Waals surface area contributed by atoms with Crippen LogP contribution in [0.15, 0.2) is 24.3 Å². The molecule has 5 heteroatoms. The second kappa shape index (κ2) is 7.78. The molecule has 0 bridgehead atoms. The Bertz CT molecular complexity index is 502. The largest absolute Gasteiger partial charge is 0.478 e. The molecule has 0 fully saturated rings. The number of hydrogen-bond acceptors (Lipinski definition) is 3. The van der Waals surface area contributed by atoms with Crippen molar-refractivity contribution in [2.24, 2.45) is 11.7 Å². The van der Waals surface area contributed by atoms with Crippen molar-refractivity contribution in [2.75, 3.05) is 13.6 Å². The first-order chi connectivity index (χ1) is 9.88. The van der Waals surface area contributed by atoms with E-state index in [0.717, 1.165) is 12.0 Å². The zero-order valence-corrected chi connectivity index (χ0v) is 12.9. The minimum atomic E-state index is -0.948. The highest BCUT2D eigenvalue weighted by molar-refractivity contribution is 5.89. The van der Waals surface area contributed by atoms with Gasteiger partial charge in [0, 0.05) is 13.6 Å². The third-order valence-electron chi connectivity index (χ3n) is 3.88. The first-order valence-corrected chi connectivity index (χ1v) is 7.20. The van der Waals surface area contributed by atoms with Crippen molar-refractivity contribution in [1.82, 2.24) is 4.90 Å². The van der Waals surface area contributed by atoms with Gasteiger partial charge in [0.25, 0.3) is 0 Å². The zero-order chi connectivity index (χ0) is 16.0. The molecule has 0 unspecified atom stereocenters. The second-order valence-electron chi connectivity index (χ2n) is 5.38. The van der Waals surface area contributed by atoms with E-state index in [1.807, 2.05) is 13.8 Å². The van der Waals surface area contributed by atoms with E-state index in [2.05, 4.69) is 0 Å². The van der Waals surface area contributed by atoms with E-state index in [4.69, 9.17) is 10.8 Å². The van der Waals surface area contributed by atoms with Crippen LogP contribution in [0, 0.1) is 5.92 Å². The molecule has 0 heterocycles. The summed E-state index contributed by atoms with van der Waals surface area (Å²) in [6, 6.07) is 6.34. The number of nitrogens with two attached hydrogens (primary N) is 1. The molecule has 0 saturated carbocycles. The molecule has 5 nitrogen and oxygen atoms in total. The van der Waals surface area contributed by atoms with Crippen molar-refractivity contribution in [2.45, 2.75) is 32.7 Å². The quantitative estimate of drug-likeness (QED) is 0.802. The van der Waals surface area contributed by atoms with E-state index >= 15 is 0 Å². The Balaban J connectivity index is 2.67. The average molecular weight is 292 g/mol. The number of benzene rings is 1. The smallest absolute Gasteiger partial charge is 0.335 e. The van der Waals surface area contributed by atoms with Gasteiger partial charge in [-0.3, -0.25) is 4.79 Å². The number of carboxylic acids is 1. The SMILES string of the molecule is CC[C@H](C)[C@H](N)C(=O)N(C)CCc1ccccc1C(=O)O. The lowest BCUT2D eigenvalue weighted by Gasteiger charge is -2.24. The van der Waals surface area contributed by atoms with Gasteiger partial charge in [-0.1, -0.05) is 38.5 Å². The molecule has 0 aliphatic rings. The molecule has 1 aromatic carbocycles. The molecule has 1 rings (SSSR count). The molecule has 2 atom stereocenters. The summed E-state index contributed by atoms with van der Waals surface area (Å²) in [6.45, 7) is 4.41.